The van der Waals surface area contributed by atoms with Gasteiger partial charge in [-0.3, -0.25) is 0 Å². The largest absolute Gasteiger partial charge is 0.487 e. The zero-order valence-corrected chi connectivity index (χ0v) is 13.5. The fourth-order valence-electron chi connectivity index (χ4n) is 2.53. The fraction of sp³-hybridized carbons (Fsp3) is 0.294. The molecule has 0 bridgehead atoms. The highest BCUT2D eigenvalue weighted by Crippen LogP contribution is 2.36. The first-order chi connectivity index (χ1) is 10.3. The minimum absolute atomic E-state index is 0.172. The van der Waals surface area contributed by atoms with Gasteiger partial charge in [0.05, 0.1) is 0 Å². The van der Waals surface area contributed by atoms with Crippen LogP contribution in [0.15, 0.2) is 53.4 Å². The number of halogens is 1. The molecule has 110 valence electrons. The Kier molecular flexibility index (Phi) is 4.73. The van der Waals surface area contributed by atoms with Crippen molar-refractivity contribution < 1.29 is 4.74 Å². The Morgan fingerprint density at radius 3 is 2.76 bits per heavy atom. The van der Waals surface area contributed by atoms with Crippen molar-refractivity contribution in [3.8, 4) is 5.75 Å². The van der Waals surface area contributed by atoms with Gasteiger partial charge in [0.1, 0.15) is 11.9 Å². The smallest absolute Gasteiger partial charge is 0.133 e. The molecule has 0 spiro atoms. The maximum absolute atomic E-state index is 6.17. The number of para-hydroxylation sites is 1. The minimum atomic E-state index is 0.172. The predicted octanol–water partition coefficient (Wildman–Crippen LogP) is 4.02. The van der Waals surface area contributed by atoms with Gasteiger partial charge in [0.25, 0.3) is 0 Å². The summed E-state index contributed by atoms with van der Waals surface area (Å²) in [5.41, 5.74) is 1.27. The second-order valence-corrected chi connectivity index (χ2v) is 6.64. The van der Waals surface area contributed by atoms with Gasteiger partial charge in [0.2, 0.25) is 0 Å². The SMILES string of the molecule is CNC(Cc1ccc(Cl)cc1)C1CSc2ccccc2O1. The number of likely N-dealkylation sites (N-methyl/N-ethyl adjacent to an activating group) is 1. The number of nitrogens with one attached hydrogen (secondary N) is 1. The lowest BCUT2D eigenvalue weighted by atomic mass is 10.0. The summed E-state index contributed by atoms with van der Waals surface area (Å²) in [4.78, 5) is 1.23. The van der Waals surface area contributed by atoms with E-state index >= 15 is 0 Å². The van der Waals surface area contributed by atoms with Gasteiger partial charge < -0.3 is 10.1 Å². The van der Waals surface area contributed by atoms with Crippen molar-refractivity contribution in [1.82, 2.24) is 5.32 Å². The van der Waals surface area contributed by atoms with Crippen molar-refractivity contribution in [3.05, 3.63) is 59.1 Å². The molecule has 1 aliphatic rings. The van der Waals surface area contributed by atoms with Crippen molar-refractivity contribution >= 4 is 23.4 Å². The second kappa shape index (κ2) is 6.73. The molecule has 2 nitrogen and oxygen atoms in total. The summed E-state index contributed by atoms with van der Waals surface area (Å²) in [5.74, 6) is 1.96. The molecule has 1 heterocycles. The summed E-state index contributed by atoms with van der Waals surface area (Å²) >= 11 is 7.81. The number of hydrogen-bond acceptors (Lipinski definition) is 3. The summed E-state index contributed by atoms with van der Waals surface area (Å²) < 4.78 is 6.17. The Hall–Kier alpha value is -1.16. The van der Waals surface area contributed by atoms with Crippen LogP contribution in [0.4, 0.5) is 0 Å². The molecule has 1 aliphatic heterocycles. The first-order valence-corrected chi connectivity index (χ1v) is 8.43. The van der Waals surface area contributed by atoms with Gasteiger partial charge in [-0.05, 0) is 43.3 Å². The molecular weight excluding hydrogens is 302 g/mol. The molecular formula is C17H18ClNOS. The Balaban J connectivity index is 1.71. The van der Waals surface area contributed by atoms with Crippen LogP contribution in [-0.4, -0.2) is 24.9 Å². The second-order valence-electron chi connectivity index (χ2n) is 5.14. The summed E-state index contributed by atoms with van der Waals surface area (Å²) in [6.07, 6.45) is 1.10. The van der Waals surface area contributed by atoms with Crippen molar-refractivity contribution in [2.75, 3.05) is 12.8 Å². The third-order valence-electron chi connectivity index (χ3n) is 3.72. The lowest BCUT2D eigenvalue weighted by Gasteiger charge is -2.31. The van der Waals surface area contributed by atoms with Crippen LogP contribution in [0, 0.1) is 0 Å². The zero-order chi connectivity index (χ0) is 14.7. The quantitative estimate of drug-likeness (QED) is 0.919. The monoisotopic (exact) mass is 319 g/mol. The van der Waals surface area contributed by atoms with E-state index in [4.69, 9.17) is 16.3 Å². The van der Waals surface area contributed by atoms with E-state index in [1.165, 1.54) is 10.5 Å². The van der Waals surface area contributed by atoms with E-state index in [9.17, 15) is 0 Å². The van der Waals surface area contributed by atoms with Crippen LogP contribution in [0.3, 0.4) is 0 Å². The highest BCUT2D eigenvalue weighted by atomic mass is 35.5. The average molecular weight is 320 g/mol. The Bertz CT molecular complexity index is 602. The van der Waals surface area contributed by atoms with E-state index in [1.54, 1.807) is 0 Å². The lowest BCUT2D eigenvalue weighted by Crippen LogP contribution is -2.45. The highest BCUT2D eigenvalue weighted by molar-refractivity contribution is 7.99. The number of fused-ring (bicyclic) bond motifs is 1. The number of ether oxygens (including phenoxy) is 1. The normalized spacial score (nSPS) is 18.7. The van der Waals surface area contributed by atoms with Crippen LogP contribution in [0.2, 0.25) is 5.02 Å². The van der Waals surface area contributed by atoms with Gasteiger partial charge in [0.15, 0.2) is 0 Å². The molecule has 0 amide bonds. The van der Waals surface area contributed by atoms with Crippen molar-refractivity contribution in [2.45, 2.75) is 23.5 Å². The molecule has 4 heteroatoms. The highest BCUT2D eigenvalue weighted by Gasteiger charge is 2.27. The number of benzene rings is 2. The van der Waals surface area contributed by atoms with Crippen molar-refractivity contribution in [2.24, 2.45) is 0 Å². The van der Waals surface area contributed by atoms with E-state index in [1.807, 2.05) is 43.1 Å². The van der Waals surface area contributed by atoms with Crippen LogP contribution in [0.25, 0.3) is 0 Å². The molecule has 21 heavy (non-hydrogen) atoms. The first kappa shape index (κ1) is 14.8. The molecule has 2 aromatic rings. The maximum Gasteiger partial charge on any atom is 0.133 e. The molecule has 2 unspecified atom stereocenters. The summed E-state index contributed by atoms with van der Waals surface area (Å²) in [6.45, 7) is 0. The Morgan fingerprint density at radius 2 is 2.00 bits per heavy atom. The van der Waals surface area contributed by atoms with Gasteiger partial charge in [-0.15, -0.1) is 11.8 Å². The molecule has 3 rings (SSSR count). The summed E-state index contributed by atoms with van der Waals surface area (Å²) in [7, 11) is 2.00. The first-order valence-electron chi connectivity index (χ1n) is 7.06. The Labute approximate surface area is 134 Å². The molecule has 0 saturated heterocycles. The molecule has 0 aliphatic carbocycles. The van der Waals surface area contributed by atoms with Gasteiger partial charge >= 0.3 is 0 Å². The van der Waals surface area contributed by atoms with E-state index in [0.717, 1.165) is 22.9 Å². The summed E-state index contributed by atoms with van der Waals surface area (Å²) in [6, 6.07) is 16.6. The zero-order valence-electron chi connectivity index (χ0n) is 11.9. The molecule has 2 aromatic carbocycles. The standard InChI is InChI=1S/C17H18ClNOS/c1-19-14(10-12-6-8-13(18)9-7-12)16-11-21-17-5-3-2-4-15(17)20-16/h2-9,14,16,19H,10-11H2,1H3. The fourth-order valence-corrected chi connectivity index (χ4v) is 3.73. The molecule has 2 atom stereocenters. The molecule has 0 fully saturated rings. The minimum Gasteiger partial charge on any atom is -0.487 e. The van der Waals surface area contributed by atoms with Crippen LogP contribution in [-0.2, 0) is 6.42 Å². The van der Waals surface area contributed by atoms with E-state index in [0.29, 0.717) is 0 Å². The molecule has 0 aromatic heterocycles. The van der Waals surface area contributed by atoms with Gasteiger partial charge in [-0.25, -0.2) is 0 Å². The number of rotatable bonds is 4. The van der Waals surface area contributed by atoms with Crippen molar-refractivity contribution in [3.63, 3.8) is 0 Å². The molecule has 0 radical (unpaired) electrons. The topological polar surface area (TPSA) is 21.3 Å². The van der Waals surface area contributed by atoms with Gasteiger partial charge in [-0.2, -0.15) is 0 Å². The Morgan fingerprint density at radius 1 is 1.24 bits per heavy atom. The van der Waals surface area contributed by atoms with Crippen LogP contribution in [0.1, 0.15) is 5.56 Å². The molecule has 0 saturated carbocycles. The van der Waals surface area contributed by atoms with Crippen LogP contribution < -0.4 is 10.1 Å². The van der Waals surface area contributed by atoms with E-state index in [-0.39, 0.29) is 12.1 Å². The third kappa shape index (κ3) is 3.54. The predicted molar refractivity (Wildman–Crippen MR) is 89.6 cm³/mol. The molecule has 1 N–H and O–H groups in total. The van der Waals surface area contributed by atoms with E-state index in [2.05, 4.69) is 29.6 Å². The van der Waals surface area contributed by atoms with E-state index < -0.39 is 0 Å². The third-order valence-corrected chi connectivity index (χ3v) is 5.11. The summed E-state index contributed by atoms with van der Waals surface area (Å²) in [5, 5.41) is 4.17. The number of thioether (sulfide) groups is 1. The maximum atomic E-state index is 6.17. The van der Waals surface area contributed by atoms with Gasteiger partial charge in [-0.1, -0.05) is 35.9 Å². The van der Waals surface area contributed by atoms with Crippen LogP contribution in [0.5, 0.6) is 5.75 Å². The number of hydrogen-bond donors (Lipinski definition) is 1. The van der Waals surface area contributed by atoms with Gasteiger partial charge in [0, 0.05) is 21.7 Å². The lowest BCUT2D eigenvalue weighted by molar-refractivity contribution is 0.169. The van der Waals surface area contributed by atoms with Crippen molar-refractivity contribution in [1.29, 1.82) is 0 Å². The van der Waals surface area contributed by atoms with Crippen LogP contribution >= 0.6 is 23.4 Å². The average Bonchev–Trinajstić information content (AvgIpc) is 2.54.